The summed E-state index contributed by atoms with van der Waals surface area (Å²) in [5, 5.41) is 0.714. The molecule has 0 bridgehead atoms. The zero-order chi connectivity index (χ0) is 11.5. The Bertz CT molecular complexity index is 447. The predicted molar refractivity (Wildman–Crippen MR) is 60.9 cm³/mol. The highest BCUT2D eigenvalue weighted by Gasteiger charge is 2.21. The number of hydrogen-bond acceptors (Lipinski definition) is 4. The Morgan fingerprint density at radius 1 is 1.62 bits per heavy atom. The van der Waals surface area contributed by atoms with Crippen molar-refractivity contribution in [2.45, 2.75) is 13.2 Å². The van der Waals surface area contributed by atoms with E-state index in [1.807, 2.05) is 0 Å². The minimum atomic E-state index is -0.444. The van der Waals surface area contributed by atoms with Crippen molar-refractivity contribution in [2.75, 3.05) is 5.75 Å². The molecule has 84 valence electrons. The maximum Gasteiger partial charge on any atom is 0.304 e. The van der Waals surface area contributed by atoms with Gasteiger partial charge in [0.2, 0.25) is 6.23 Å². The van der Waals surface area contributed by atoms with E-state index in [9.17, 15) is 9.18 Å². The number of esters is 1. The van der Waals surface area contributed by atoms with Gasteiger partial charge in [-0.15, -0.1) is 11.8 Å². The van der Waals surface area contributed by atoms with Gasteiger partial charge >= 0.3 is 5.97 Å². The van der Waals surface area contributed by atoms with E-state index in [0.717, 1.165) is 5.56 Å². The largest absolute Gasteiger partial charge is 0.439 e. The molecule has 0 saturated heterocycles. The molecular formula is C11H10FNO2S. The van der Waals surface area contributed by atoms with Gasteiger partial charge in [-0.25, -0.2) is 9.38 Å². The van der Waals surface area contributed by atoms with Gasteiger partial charge in [0.1, 0.15) is 10.9 Å². The van der Waals surface area contributed by atoms with E-state index in [1.54, 1.807) is 12.1 Å². The summed E-state index contributed by atoms with van der Waals surface area (Å²) in [5.74, 6) is -0.0580. The first-order chi connectivity index (χ1) is 7.65. The molecule has 1 aliphatic rings. The molecule has 0 radical (unpaired) electrons. The standard InChI is InChI=1S/C11H10FNO2S/c1-7(14)15-10-6-16-11(13-10)8-3-2-4-9(12)5-8/h2-5,10H,6H2,1H3. The summed E-state index contributed by atoms with van der Waals surface area (Å²) in [6, 6.07) is 6.22. The molecule has 5 heteroatoms. The number of benzene rings is 1. The van der Waals surface area contributed by atoms with Crippen molar-refractivity contribution >= 4 is 22.8 Å². The van der Waals surface area contributed by atoms with E-state index in [1.165, 1.54) is 30.8 Å². The Hall–Kier alpha value is -1.36. The SMILES string of the molecule is CC(=O)OC1CSC(c2cccc(F)c2)=N1. The molecule has 2 rings (SSSR count). The van der Waals surface area contributed by atoms with Crippen molar-refractivity contribution < 1.29 is 13.9 Å². The van der Waals surface area contributed by atoms with Crippen molar-refractivity contribution in [2.24, 2.45) is 4.99 Å². The first kappa shape index (κ1) is 11.1. The zero-order valence-corrected chi connectivity index (χ0v) is 9.46. The number of aliphatic imine (C=N–C) groups is 1. The van der Waals surface area contributed by atoms with Crippen LogP contribution >= 0.6 is 11.8 Å². The second-order valence-corrected chi connectivity index (χ2v) is 4.33. The van der Waals surface area contributed by atoms with Crippen LogP contribution in [-0.2, 0) is 9.53 Å². The molecule has 0 N–H and O–H groups in total. The molecule has 0 fully saturated rings. The van der Waals surface area contributed by atoms with E-state index in [0.29, 0.717) is 10.8 Å². The number of nitrogens with zero attached hydrogens (tertiary/aromatic N) is 1. The van der Waals surface area contributed by atoms with Gasteiger partial charge in [-0.2, -0.15) is 0 Å². The van der Waals surface area contributed by atoms with Crippen molar-refractivity contribution in [3.05, 3.63) is 35.6 Å². The maximum absolute atomic E-state index is 13.0. The molecule has 1 atom stereocenters. The lowest BCUT2D eigenvalue weighted by atomic mass is 10.2. The highest BCUT2D eigenvalue weighted by Crippen LogP contribution is 2.24. The smallest absolute Gasteiger partial charge is 0.304 e. The fourth-order valence-electron chi connectivity index (χ4n) is 1.39. The molecule has 1 aliphatic heterocycles. The van der Waals surface area contributed by atoms with Crippen LogP contribution in [0.1, 0.15) is 12.5 Å². The number of carbonyl (C=O) groups excluding carboxylic acids is 1. The molecule has 1 unspecified atom stereocenters. The molecule has 1 aromatic carbocycles. The molecular weight excluding hydrogens is 229 g/mol. The van der Waals surface area contributed by atoms with Crippen molar-refractivity contribution in [3.8, 4) is 0 Å². The molecule has 0 spiro atoms. The summed E-state index contributed by atoms with van der Waals surface area (Å²) in [4.78, 5) is 14.9. The minimum Gasteiger partial charge on any atom is -0.439 e. The molecule has 16 heavy (non-hydrogen) atoms. The fourth-order valence-corrected chi connectivity index (χ4v) is 2.32. The Balaban J connectivity index is 2.14. The summed E-state index contributed by atoms with van der Waals surface area (Å²) in [5.41, 5.74) is 0.722. The maximum atomic E-state index is 13.0. The van der Waals surface area contributed by atoms with Crippen LogP contribution in [0.3, 0.4) is 0 Å². The second kappa shape index (κ2) is 4.65. The van der Waals surface area contributed by atoms with E-state index < -0.39 is 6.23 Å². The normalized spacial score (nSPS) is 19.4. The van der Waals surface area contributed by atoms with E-state index in [4.69, 9.17) is 4.74 Å². The molecule has 0 aliphatic carbocycles. The van der Waals surface area contributed by atoms with Crippen molar-refractivity contribution in [1.82, 2.24) is 0 Å². The topological polar surface area (TPSA) is 38.7 Å². The number of carbonyl (C=O) groups is 1. The van der Waals surface area contributed by atoms with Crippen LogP contribution in [-0.4, -0.2) is 23.0 Å². The van der Waals surface area contributed by atoms with Crippen LogP contribution in [0.15, 0.2) is 29.3 Å². The molecule has 0 saturated carbocycles. The van der Waals surface area contributed by atoms with Gasteiger partial charge in [-0.05, 0) is 12.1 Å². The number of rotatable bonds is 2. The summed E-state index contributed by atoms with van der Waals surface area (Å²) >= 11 is 1.46. The van der Waals surface area contributed by atoms with Crippen LogP contribution in [0, 0.1) is 5.82 Å². The number of ether oxygens (including phenoxy) is 1. The molecule has 1 heterocycles. The van der Waals surface area contributed by atoms with Gasteiger partial charge in [0.05, 0.1) is 5.75 Å². The first-order valence-corrected chi connectivity index (χ1v) is 5.77. The highest BCUT2D eigenvalue weighted by atomic mass is 32.2. The van der Waals surface area contributed by atoms with Gasteiger partial charge < -0.3 is 4.74 Å². The quantitative estimate of drug-likeness (QED) is 0.743. The number of thioether (sulfide) groups is 1. The molecule has 3 nitrogen and oxygen atoms in total. The Morgan fingerprint density at radius 2 is 2.44 bits per heavy atom. The van der Waals surface area contributed by atoms with Crippen molar-refractivity contribution in [3.63, 3.8) is 0 Å². The Labute approximate surface area is 96.7 Å². The van der Waals surface area contributed by atoms with Crippen LogP contribution < -0.4 is 0 Å². The second-order valence-electron chi connectivity index (χ2n) is 3.32. The lowest BCUT2D eigenvalue weighted by molar-refractivity contribution is -0.144. The van der Waals surface area contributed by atoms with Crippen LogP contribution in [0.2, 0.25) is 0 Å². The van der Waals surface area contributed by atoms with Gasteiger partial charge in [-0.1, -0.05) is 12.1 Å². The Kier molecular flexibility index (Phi) is 3.24. The van der Waals surface area contributed by atoms with E-state index in [-0.39, 0.29) is 11.8 Å². The van der Waals surface area contributed by atoms with E-state index in [2.05, 4.69) is 4.99 Å². The van der Waals surface area contributed by atoms with Crippen LogP contribution in [0.25, 0.3) is 0 Å². The summed E-state index contributed by atoms with van der Waals surface area (Å²) < 4.78 is 17.9. The lowest BCUT2D eigenvalue weighted by Crippen LogP contribution is -2.13. The van der Waals surface area contributed by atoms with Crippen LogP contribution in [0.5, 0.6) is 0 Å². The average molecular weight is 239 g/mol. The first-order valence-electron chi connectivity index (χ1n) is 4.79. The van der Waals surface area contributed by atoms with E-state index >= 15 is 0 Å². The van der Waals surface area contributed by atoms with Gasteiger partial charge in [0.25, 0.3) is 0 Å². The third-order valence-corrected chi connectivity index (χ3v) is 3.06. The summed E-state index contributed by atoms with van der Waals surface area (Å²) in [7, 11) is 0. The van der Waals surface area contributed by atoms with Gasteiger partial charge in [-0.3, -0.25) is 4.79 Å². The van der Waals surface area contributed by atoms with Crippen molar-refractivity contribution in [1.29, 1.82) is 0 Å². The average Bonchev–Trinajstić information content (AvgIpc) is 2.65. The van der Waals surface area contributed by atoms with Gasteiger partial charge in [0, 0.05) is 12.5 Å². The minimum absolute atomic E-state index is 0.295. The van der Waals surface area contributed by atoms with Gasteiger partial charge in [0.15, 0.2) is 0 Å². The zero-order valence-electron chi connectivity index (χ0n) is 8.64. The number of halogens is 1. The third-order valence-electron chi connectivity index (χ3n) is 2.00. The van der Waals surface area contributed by atoms with Crippen LogP contribution in [0.4, 0.5) is 4.39 Å². The predicted octanol–water partition coefficient (Wildman–Crippen LogP) is 2.21. The fraction of sp³-hybridized carbons (Fsp3) is 0.273. The lowest BCUT2D eigenvalue weighted by Gasteiger charge is -2.04. The Morgan fingerprint density at radius 3 is 3.12 bits per heavy atom. The molecule has 0 aromatic heterocycles. The third kappa shape index (κ3) is 2.61. The summed E-state index contributed by atoms with van der Waals surface area (Å²) in [6.45, 7) is 1.35. The molecule has 1 aromatic rings. The summed E-state index contributed by atoms with van der Waals surface area (Å²) in [6.07, 6.45) is -0.444. The monoisotopic (exact) mass is 239 g/mol. The highest BCUT2D eigenvalue weighted by molar-refractivity contribution is 8.14. The number of hydrogen-bond donors (Lipinski definition) is 0. The molecule has 0 amide bonds.